The summed E-state index contributed by atoms with van der Waals surface area (Å²) in [4.78, 5) is 22.5. The maximum atomic E-state index is 12.5. The Labute approximate surface area is 227 Å². The lowest BCUT2D eigenvalue weighted by molar-refractivity contribution is 0.100. The largest absolute Gasteiger partial charge is 0.366 e. The lowest BCUT2D eigenvalue weighted by Gasteiger charge is -2.13. The molecular formula is C33H31N5O. The fourth-order valence-electron chi connectivity index (χ4n) is 5.51. The molecule has 0 bridgehead atoms. The third-order valence-electron chi connectivity index (χ3n) is 7.42. The van der Waals surface area contributed by atoms with Crippen LogP contribution in [-0.2, 0) is 20.0 Å². The van der Waals surface area contributed by atoms with E-state index in [4.69, 9.17) is 15.7 Å². The highest BCUT2D eigenvalue weighted by atomic mass is 16.1. The molecule has 0 unspecified atom stereocenters. The Balaban J connectivity index is 1.48. The van der Waals surface area contributed by atoms with Gasteiger partial charge < -0.3 is 14.9 Å². The van der Waals surface area contributed by atoms with Gasteiger partial charge in [-0.05, 0) is 65.9 Å². The summed E-state index contributed by atoms with van der Waals surface area (Å²) in [7, 11) is 2.06. The van der Waals surface area contributed by atoms with Crippen LogP contribution in [0, 0.1) is 6.92 Å². The average molecular weight is 514 g/mol. The van der Waals surface area contributed by atoms with E-state index in [0.717, 1.165) is 74.4 Å². The highest BCUT2D eigenvalue weighted by molar-refractivity contribution is 6.00. The number of carbonyl (C=O) groups excluding carboxylic acids is 1. The predicted molar refractivity (Wildman–Crippen MR) is 158 cm³/mol. The minimum Gasteiger partial charge on any atom is -0.366 e. The molecule has 1 amide bonds. The van der Waals surface area contributed by atoms with Crippen molar-refractivity contribution in [2.75, 3.05) is 0 Å². The smallest absolute Gasteiger partial charge is 0.249 e. The molecule has 0 aliphatic carbocycles. The maximum absolute atomic E-state index is 12.5. The van der Waals surface area contributed by atoms with Gasteiger partial charge in [-0.2, -0.15) is 0 Å². The summed E-state index contributed by atoms with van der Waals surface area (Å²) >= 11 is 0. The molecule has 39 heavy (non-hydrogen) atoms. The number of para-hydroxylation sites is 2. The Morgan fingerprint density at radius 2 is 1.64 bits per heavy atom. The van der Waals surface area contributed by atoms with E-state index in [9.17, 15) is 4.79 Å². The first-order valence-corrected chi connectivity index (χ1v) is 13.3. The number of nitrogens with zero attached hydrogens (tertiary/aromatic N) is 4. The van der Waals surface area contributed by atoms with E-state index in [2.05, 4.69) is 54.3 Å². The van der Waals surface area contributed by atoms with Gasteiger partial charge in [0.15, 0.2) is 0 Å². The Bertz CT molecular complexity index is 1850. The van der Waals surface area contributed by atoms with Crippen molar-refractivity contribution in [2.24, 2.45) is 12.8 Å². The number of fused-ring (bicyclic) bond motifs is 2. The molecule has 2 N–H and O–H groups in total. The van der Waals surface area contributed by atoms with Gasteiger partial charge in [0, 0.05) is 31.1 Å². The summed E-state index contributed by atoms with van der Waals surface area (Å²) in [6.07, 6.45) is 1.85. The van der Waals surface area contributed by atoms with Gasteiger partial charge in [-0.3, -0.25) is 4.79 Å². The van der Waals surface area contributed by atoms with Gasteiger partial charge in [-0.25, -0.2) is 9.97 Å². The minimum absolute atomic E-state index is 0.431. The van der Waals surface area contributed by atoms with Crippen LogP contribution in [0.2, 0.25) is 0 Å². The molecule has 0 radical (unpaired) electrons. The van der Waals surface area contributed by atoms with Gasteiger partial charge in [-0.15, -0.1) is 0 Å². The summed E-state index contributed by atoms with van der Waals surface area (Å²) in [6.45, 7) is 4.87. The molecule has 0 saturated carbocycles. The average Bonchev–Trinajstić information content (AvgIpc) is 3.47. The molecule has 4 aromatic carbocycles. The zero-order valence-electron chi connectivity index (χ0n) is 22.5. The van der Waals surface area contributed by atoms with Crippen molar-refractivity contribution < 1.29 is 4.79 Å². The predicted octanol–water partition coefficient (Wildman–Crippen LogP) is 6.67. The number of primary amides is 1. The van der Waals surface area contributed by atoms with Crippen LogP contribution in [0.4, 0.5) is 0 Å². The van der Waals surface area contributed by atoms with Crippen molar-refractivity contribution in [1.29, 1.82) is 0 Å². The SMILES string of the molecule is CCCc1nc2c(C)cc(-c3nc4ccccc4n3C)cc2n1Cc1ccc(-c2ccccc2)c(C(N)=O)c1. The van der Waals surface area contributed by atoms with Crippen molar-refractivity contribution in [2.45, 2.75) is 33.2 Å². The molecule has 6 heteroatoms. The number of aryl methyl sites for hydroxylation is 3. The molecule has 0 fully saturated rings. The molecule has 0 aliphatic rings. The molecule has 2 aromatic heterocycles. The van der Waals surface area contributed by atoms with E-state index < -0.39 is 5.91 Å². The molecule has 0 spiro atoms. The first-order chi connectivity index (χ1) is 18.9. The molecule has 6 aromatic rings. The highest BCUT2D eigenvalue weighted by Crippen LogP contribution is 2.31. The number of carbonyl (C=O) groups is 1. The van der Waals surface area contributed by atoms with Crippen molar-refractivity contribution >= 4 is 28.0 Å². The van der Waals surface area contributed by atoms with E-state index in [1.165, 1.54) is 0 Å². The van der Waals surface area contributed by atoms with Crippen molar-refractivity contribution in [3.63, 3.8) is 0 Å². The second kappa shape index (κ2) is 9.87. The summed E-state index contributed by atoms with van der Waals surface area (Å²) in [6, 6.07) is 28.5. The molecule has 6 nitrogen and oxygen atoms in total. The monoisotopic (exact) mass is 513 g/mol. The third kappa shape index (κ3) is 4.38. The zero-order valence-corrected chi connectivity index (χ0v) is 22.5. The molecule has 0 atom stereocenters. The van der Waals surface area contributed by atoms with Crippen LogP contribution in [-0.4, -0.2) is 25.0 Å². The van der Waals surface area contributed by atoms with Gasteiger partial charge in [0.1, 0.15) is 11.6 Å². The van der Waals surface area contributed by atoms with Gasteiger partial charge in [-0.1, -0.05) is 61.5 Å². The van der Waals surface area contributed by atoms with Gasteiger partial charge in [0.05, 0.1) is 22.1 Å². The Hall–Kier alpha value is -4.71. The molecule has 0 aliphatic heterocycles. The van der Waals surface area contributed by atoms with Crippen LogP contribution >= 0.6 is 0 Å². The molecule has 2 heterocycles. The quantitative estimate of drug-likeness (QED) is 0.259. The summed E-state index contributed by atoms with van der Waals surface area (Å²) in [5, 5.41) is 0. The summed E-state index contributed by atoms with van der Waals surface area (Å²) in [5.74, 6) is 1.53. The summed E-state index contributed by atoms with van der Waals surface area (Å²) < 4.78 is 4.42. The van der Waals surface area contributed by atoms with E-state index in [0.29, 0.717) is 12.1 Å². The fraction of sp³-hybridized carbons (Fsp3) is 0.182. The van der Waals surface area contributed by atoms with Crippen LogP contribution in [0.5, 0.6) is 0 Å². The van der Waals surface area contributed by atoms with Crippen molar-refractivity contribution in [3.8, 4) is 22.5 Å². The molecule has 0 saturated heterocycles. The number of nitrogens with two attached hydrogens (primary N) is 1. The summed E-state index contributed by atoms with van der Waals surface area (Å²) in [5.41, 5.74) is 15.5. The van der Waals surface area contributed by atoms with Crippen LogP contribution in [0.25, 0.3) is 44.6 Å². The molecular weight excluding hydrogens is 482 g/mol. The van der Waals surface area contributed by atoms with Crippen LogP contribution < -0.4 is 5.73 Å². The first kappa shape index (κ1) is 24.6. The number of hydrogen-bond donors (Lipinski definition) is 1. The third-order valence-corrected chi connectivity index (χ3v) is 7.42. The van der Waals surface area contributed by atoms with Gasteiger partial charge in [0.2, 0.25) is 5.91 Å². The van der Waals surface area contributed by atoms with Crippen molar-refractivity contribution in [1.82, 2.24) is 19.1 Å². The van der Waals surface area contributed by atoms with E-state index in [-0.39, 0.29) is 0 Å². The van der Waals surface area contributed by atoms with Gasteiger partial charge in [0.25, 0.3) is 0 Å². The second-order valence-corrected chi connectivity index (χ2v) is 10.1. The topological polar surface area (TPSA) is 78.7 Å². The van der Waals surface area contributed by atoms with Crippen LogP contribution in [0.1, 0.15) is 40.7 Å². The minimum atomic E-state index is -0.431. The van der Waals surface area contributed by atoms with Crippen LogP contribution in [0.15, 0.2) is 84.9 Å². The fourth-order valence-corrected chi connectivity index (χ4v) is 5.51. The number of imidazole rings is 2. The Kier molecular flexibility index (Phi) is 6.23. The van der Waals surface area contributed by atoms with Gasteiger partial charge >= 0.3 is 0 Å². The standard InChI is InChI=1S/C33H31N5O/c1-4-10-30-36-31-21(2)17-24(33-35-27-13-8-9-14-28(27)37(33)3)19-29(31)38(30)20-22-15-16-25(26(18-22)32(34)39)23-11-6-5-7-12-23/h5-9,11-19H,4,10,20H2,1-3H3,(H2,34,39). The normalized spacial score (nSPS) is 11.5. The maximum Gasteiger partial charge on any atom is 0.249 e. The number of hydrogen-bond acceptors (Lipinski definition) is 3. The van der Waals surface area contributed by atoms with E-state index >= 15 is 0 Å². The highest BCUT2D eigenvalue weighted by Gasteiger charge is 2.18. The second-order valence-electron chi connectivity index (χ2n) is 10.1. The Morgan fingerprint density at radius 1 is 0.872 bits per heavy atom. The Morgan fingerprint density at radius 3 is 2.38 bits per heavy atom. The molecule has 194 valence electrons. The lowest BCUT2D eigenvalue weighted by atomic mass is 9.97. The number of amides is 1. The van der Waals surface area contributed by atoms with E-state index in [1.54, 1.807) is 0 Å². The number of aromatic nitrogens is 4. The molecule has 6 rings (SSSR count). The number of benzene rings is 4. The van der Waals surface area contributed by atoms with Crippen LogP contribution in [0.3, 0.4) is 0 Å². The first-order valence-electron chi connectivity index (χ1n) is 13.3. The van der Waals surface area contributed by atoms with Crippen molar-refractivity contribution in [3.05, 3.63) is 107 Å². The zero-order chi connectivity index (χ0) is 27.1. The van der Waals surface area contributed by atoms with E-state index in [1.807, 2.05) is 60.7 Å². The lowest BCUT2D eigenvalue weighted by Crippen LogP contribution is -2.14. The number of rotatable bonds is 7.